The van der Waals surface area contributed by atoms with Crippen LogP contribution < -0.4 is 14.2 Å². The minimum Gasteiger partial charge on any atom is -0.494 e. The first kappa shape index (κ1) is 18.0. The number of nitrogens with zero attached hydrogens (tertiary/aromatic N) is 3. The van der Waals surface area contributed by atoms with Crippen molar-refractivity contribution in [1.82, 2.24) is 14.3 Å². The maximum atomic E-state index is 12.9. The van der Waals surface area contributed by atoms with Crippen molar-refractivity contribution < 1.29 is 22.6 Å². The molecule has 9 heteroatoms. The third-order valence-corrected chi connectivity index (χ3v) is 6.71. The highest BCUT2D eigenvalue weighted by Crippen LogP contribution is 2.30. The van der Waals surface area contributed by atoms with Crippen LogP contribution in [0.2, 0.25) is 0 Å². The molecule has 0 unspecified atom stereocenters. The molecule has 1 fully saturated rings. The molecule has 0 radical (unpaired) electrons. The minimum atomic E-state index is -3.51. The van der Waals surface area contributed by atoms with Crippen LogP contribution in [0.4, 0.5) is 0 Å². The van der Waals surface area contributed by atoms with E-state index in [2.05, 4.69) is 9.97 Å². The van der Waals surface area contributed by atoms with E-state index in [9.17, 15) is 8.42 Å². The number of ether oxygens (including phenoxy) is 3. The molecule has 0 spiro atoms. The lowest BCUT2D eigenvalue weighted by molar-refractivity contribution is 0.124. The first-order chi connectivity index (χ1) is 13.1. The van der Waals surface area contributed by atoms with Crippen LogP contribution in [0.5, 0.6) is 17.5 Å². The van der Waals surface area contributed by atoms with Gasteiger partial charge in [-0.05, 0) is 36.6 Å². The summed E-state index contributed by atoms with van der Waals surface area (Å²) >= 11 is 0. The second-order valence-corrected chi connectivity index (χ2v) is 8.43. The summed E-state index contributed by atoms with van der Waals surface area (Å²) in [6.45, 7) is 1.41. The smallest absolute Gasteiger partial charge is 0.316 e. The molecular weight excluding hydrogens is 370 g/mol. The molecule has 1 aromatic carbocycles. The Morgan fingerprint density at radius 3 is 2.63 bits per heavy atom. The van der Waals surface area contributed by atoms with Gasteiger partial charge in [-0.25, -0.2) is 8.42 Å². The lowest BCUT2D eigenvalue weighted by Crippen LogP contribution is -2.41. The topological polar surface area (TPSA) is 90.9 Å². The normalized spacial score (nSPS) is 18.0. The molecule has 2 aliphatic rings. The van der Waals surface area contributed by atoms with Gasteiger partial charge in [-0.1, -0.05) is 0 Å². The number of benzene rings is 1. The van der Waals surface area contributed by atoms with Crippen LogP contribution in [-0.2, 0) is 16.4 Å². The summed E-state index contributed by atoms with van der Waals surface area (Å²) in [4.78, 5) is 8.50. The Morgan fingerprint density at radius 2 is 1.93 bits per heavy atom. The Balaban J connectivity index is 1.39. The second kappa shape index (κ2) is 7.32. The van der Waals surface area contributed by atoms with Crippen LogP contribution in [0.3, 0.4) is 0 Å². The summed E-state index contributed by atoms with van der Waals surface area (Å²) in [7, 11) is -1.97. The number of fused-ring (bicyclic) bond motifs is 1. The summed E-state index contributed by atoms with van der Waals surface area (Å²) in [5.41, 5.74) is 0.950. The van der Waals surface area contributed by atoms with Gasteiger partial charge in [0.2, 0.25) is 10.0 Å². The Morgan fingerprint density at radius 1 is 1.19 bits per heavy atom. The number of aromatic nitrogens is 2. The van der Waals surface area contributed by atoms with E-state index in [1.165, 1.54) is 4.31 Å². The van der Waals surface area contributed by atoms with E-state index in [1.54, 1.807) is 37.7 Å². The highest BCUT2D eigenvalue weighted by Gasteiger charge is 2.31. The monoisotopic (exact) mass is 391 g/mol. The lowest BCUT2D eigenvalue weighted by Gasteiger charge is -2.30. The van der Waals surface area contributed by atoms with Crippen molar-refractivity contribution in [3.63, 3.8) is 0 Å². The van der Waals surface area contributed by atoms with E-state index >= 15 is 0 Å². The number of rotatable bonds is 5. The van der Waals surface area contributed by atoms with Crippen molar-refractivity contribution in [2.75, 3.05) is 26.8 Å². The zero-order valence-corrected chi connectivity index (χ0v) is 15.8. The first-order valence-electron chi connectivity index (χ1n) is 8.85. The van der Waals surface area contributed by atoms with Crippen molar-refractivity contribution in [2.24, 2.45) is 0 Å². The van der Waals surface area contributed by atoms with Gasteiger partial charge in [0.05, 0.1) is 31.0 Å². The predicted molar refractivity (Wildman–Crippen MR) is 96.6 cm³/mol. The number of methoxy groups -OCH3 is 1. The quantitative estimate of drug-likeness (QED) is 0.765. The maximum Gasteiger partial charge on any atom is 0.316 e. The van der Waals surface area contributed by atoms with Crippen molar-refractivity contribution in [1.29, 1.82) is 0 Å². The fourth-order valence-corrected chi connectivity index (χ4v) is 4.80. The van der Waals surface area contributed by atoms with Gasteiger partial charge in [0, 0.05) is 19.5 Å². The average Bonchev–Trinajstić information content (AvgIpc) is 3.17. The summed E-state index contributed by atoms with van der Waals surface area (Å²) < 4.78 is 43.6. The largest absolute Gasteiger partial charge is 0.494 e. The number of hydrogen-bond donors (Lipinski definition) is 0. The fourth-order valence-electron chi connectivity index (χ4n) is 3.28. The van der Waals surface area contributed by atoms with E-state index in [-0.39, 0.29) is 12.1 Å². The molecule has 27 heavy (non-hydrogen) atoms. The van der Waals surface area contributed by atoms with Gasteiger partial charge < -0.3 is 14.2 Å². The SMILES string of the molecule is COc1cnc(OC2CCN(S(=O)(=O)c3ccc4c(c3)CCO4)CC2)nc1. The molecule has 0 atom stereocenters. The van der Waals surface area contributed by atoms with Crippen LogP contribution in [0, 0.1) is 0 Å². The Kier molecular flexibility index (Phi) is 4.88. The molecular formula is C18H21N3O5S. The second-order valence-electron chi connectivity index (χ2n) is 6.49. The van der Waals surface area contributed by atoms with Crippen LogP contribution >= 0.6 is 0 Å². The van der Waals surface area contributed by atoms with E-state index in [4.69, 9.17) is 14.2 Å². The van der Waals surface area contributed by atoms with Gasteiger partial charge in [0.25, 0.3) is 0 Å². The molecule has 0 bridgehead atoms. The van der Waals surface area contributed by atoms with Crippen LogP contribution in [0.1, 0.15) is 18.4 Å². The van der Waals surface area contributed by atoms with Gasteiger partial charge in [-0.3, -0.25) is 0 Å². The van der Waals surface area contributed by atoms with Crippen molar-refractivity contribution in [2.45, 2.75) is 30.3 Å². The highest BCUT2D eigenvalue weighted by atomic mass is 32.2. The summed E-state index contributed by atoms with van der Waals surface area (Å²) in [5.74, 6) is 1.34. The van der Waals surface area contributed by atoms with Crippen molar-refractivity contribution >= 4 is 10.0 Å². The Hall–Kier alpha value is -2.39. The first-order valence-corrected chi connectivity index (χ1v) is 10.3. The summed E-state index contributed by atoms with van der Waals surface area (Å²) in [5, 5.41) is 0. The van der Waals surface area contributed by atoms with Crippen LogP contribution in [0.25, 0.3) is 0 Å². The van der Waals surface area contributed by atoms with E-state index in [0.717, 1.165) is 17.7 Å². The molecule has 0 aliphatic carbocycles. The van der Waals surface area contributed by atoms with Gasteiger partial charge in [0.1, 0.15) is 11.9 Å². The zero-order valence-electron chi connectivity index (χ0n) is 15.0. The third kappa shape index (κ3) is 3.70. The molecule has 0 amide bonds. The van der Waals surface area contributed by atoms with E-state index in [0.29, 0.717) is 43.2 Å². The minimum absolute atomic E-state index is 0.113. The Bertz CT molecular complexity index is 909. The number of piperidine rings is 1. The van der Waals surface area contributed by atoms with E-state index < -0.39 is 10.0 Å². The predicted octanol–water partition coefficient (Wildman–Crippen LogP) is 1.65. The maximum absolute atomic E-state index is 12.9. The molecule has 3 heterocycles. The molecule has 1 aromatic heterocycles. The summed E-state index contributed by atoms with van der Waals surface area (Å²) in [6, 6.07) is 5.36. The molecule has 2 aliphatic heterocycles. The molecule has 2 aromatic rings. The van der Waals surface area contributed by atoms with Gasteiger partial charge >= 0.3 is 6.01 Å². The third-order valence-electron chi connectivity index (χ3n) is 4.81. The molecule has 0 saturated carbocycles. The van der Waals surface area contributed by atoms with Crippen molar-refractivity contribution in [3.8, 4) is 17.5 Å². The number of sulfonamides is 1. The van der Waals surface area contributed by atoms with Gasteiger partial charge in [-0.15, -0.1) is 0 Å². The molecule has 4 rings (SSSR count). The molecule has 0 N–H and O–H groups in total. The fraction of sp³-hybridized carbons (Fsp3) is 0.444. The standard InChI is InChI=1S/C18H21N3O5S/c1-24-15-11-19-18(20-12-15)26-14-4-7-21(8-5-14)27(22,23)16-2-3-17-13(10-16)6-9-25-17/h2-3,10-12,14H,4-9H2,1H3. The van der Waals surface area contributed by atoms with Crippen molar-refractivity contribution in [3.05, 3.63) is 36.2 Å². The van der Waals surface area contributed by atoms with Crippen LogP contribution in [0.15, 0.2) is 35.5 Å². The molecule has 1 saturated heterocycles. The average molecular weight is 391 g/mol. The number of hydrogen-bond acceptors (Lipinski definition) is 7. The van der Waals surface area contributed by atoms with Gasteiger partial charge in [-0.2, -0.15) is 14.3 Å². The van der Waals surface area contributed by atoms with E-state index in [1.807, 2.05) is 0 Å². The molecule has 144 valence electrons. The zero-order chi connectivity index (χ0) is 18.9. The Labute approximate surface area is 158 Å². The van der Waals surface area contributed by atoms with Crippen LogP contribution in [-0.4, -0.2) is 55.6 Å². The highest BCUT2D eigenvalue weighted by molar-refractivity contribution is 7.89. The summed E-state index contributed by atoms with van der Waals surface area (Å²) in [6.07, 6.45) is 4.89. The lowest BCUT2D eigenvalue weighted by atomic mass is 10.1. The molecule has 8 nitrogen and oxygen atoms in total. The van der Waals surface area contributed by atoms with Gasteiger partial charge in [0.15, 0.2) is 5.75 Å².